The summed E-state index contributed by atoms with van der Waals surface area (Å²) in [6.07, 6.45) is -0.288. The van der Waals surface area contributed by atoms with Gasteiger partial charge in [-0.15, -0.1) is 0 Å². The van der Waals surface area contributed by atoms with Crippen molar-refractivity contribution in [1.29, 1.82) is 5.26 Å². The van der Waals surface area contributed by atoms with Crippen molar-refractivity contribution in [3.8, 4) is 6.07 Å². The molecule has 17 heavy (non-hydrogen) atoms. The molecule has 0 aromatic heterocycles. The predicted octanol–water partition coefficient (Wildman–Crippen LogP) is 2.52. The number of hydrogen-bond donors (Lipinski definition) is 1. The van der Waals surface area contributed by atoms with Gasteiger partial charge in [-0.2, -0.15) is 5.26 Å². The Labute approximate surface area is 106 Å². The summed E-state index contributed by atoms with van der Waals surface area (Å²) in [4.78, 5) is 21.5. The molecule has 0 saturated heterocycles. The van der Waals surface area contributed by atoms with Gasteiger partial charge in [0.05, 0.1) is 26.7 Å². The Bertz CT molecular complexity index is 522. The van der Waals surface area contributed by atoms with E-state index in [1.807, 2.05) is 0 Å². The van der Waals surface area contributed by atoms with Crippen LogP contribution in [0.2, 0.25) is 0 Å². The summed E-state index contributed by atoms with van der Waals surface area (Å²) < 4.78 is 0.346. The first-order valence-electron chi connectivity index (χ1n) is 4.57. The molecule has 0 aliphatic heterocycles. The first-order valence-corrected chi connectivity index (χ1v) is 5.37. The Morgan fingerprint density at radius 1 is 1.65 bits per heavy atom. The zero-order chi connectivity index (χ0) is 13.0. The molecular weight excluding hydrogens is 290 g/mol. The molecule has 1 amide bonds. The van der Waals surface area contributed by atoms with Crippen LogP contribution in [0.1, 0.15) is 12.0 Å². The van der Waals surface area contributed by atoms with Gasteiger partial charge in [-0.05, 0) is 35.0 Å². The maximum absolute atomic E-state index is 11.2. The highest BCUT2D eigenvalue weighted by Gasteiger charge is 2.19. The van der Waals surface area contributed by atoms with Gasteiger partial charge >= 0.3 is 0 Å². The van der Waals surface area contributed by atoms with Gasteiger partial charge in [0.25, 0.3) is 5.69 Å². The van der Waals surface area contributed by atoms with Crippen LogP contribution in [-0.2, 0) is 4.79 Å². The number of nitro benzene ring substituents is 1. The third kappa shape index (κ3) is 3.01. The number of nitrogens with one attached hydrogen (secondary N) is 1. The van der Waals surface area contributed by atoms with Crippen molar-refractivity contribution in [2.24, 2.45) is 0 Å². The fourth-order valence-corrected chi connectivity index (χ4v) is 1.87. The summed E-state index contributed by atoms with van der Waals surface area (Å²) in [6.45, 7) is 1.53. The lowest BCUT2D eigenvalue weighted by atomic mass is 10.1. The normalized spacial score (nSPS) is 9.47. The van der Waals surface area contributed by atoms with E-state index < -0.39 is 10.8 Å². The van der Waals surface area contributed by atoms with Crippen LogP contribution >= 0.6 is 15.9 Å². The third-order valence-electron chi connectivity index (χ3n) is 2.08. The highest BCUT2D eigenvalue weighted by atomic mass is 79.9. The van der Waals surface area contributed by atoms with Crippen LogP contribution in [0.4, 0.5) is 11.4 Å². The highest BCUT2D eigenvalue weighted by molar-refractivity contribution is 9.10. The number of carbonyl (C=O) groups is 1. The largest absolute Gasteiger partial charge is 0.325 e. The van der Waals surface area contributed by atoms with Crippen molar-refractivity contribution in [1.82, 2.24) is 0 Å². The van der Waals surface area contributed by atoms with Crippen molar-refractivity contribution >= 4 is 33.2 Å². The molecule has 1 aromatic carbocycles. The van der Waals surface area contributed by atoms with E-state index >= 15 is 0 Å². The summed E-state index contributed by atoms with van der Waals surface area (Å²) in [6, 6.07) is 4.72. The van der Waals surface area contributed by atoms with E-state index in [-0.39, 0.29) is 12.1 Å². The summed E-state index contributed by atoms with van der Waals surface area (Å²) in [5, 5.41) is 21.6. The number of halogens is 1. The average molecular weight is 298 g/mol. The number of rotatable bonds is 3. The molecular formula is C10H8BrN3O3. The molecule has 0 atom stereocenters. The smallest absolute Gasteiger partial charge is 0.288 e. The topological polar surface area (TPSA) is 96.0 Å². The predicted molar refractivity (Wildman–Crippen MR) is 64.4 cm³/mol. The molecule has 1 N–H and O–H groups in total. The van der Waals surface area contributed by atoms with Crippen molar-refractivity contribution < 1.29 is 9.72 Å². The monoisotopic (exact) mass is 297 g/mol. The first-order chi connectivity index (χ1) is 7.97. The van der Waals surface area contributed by atoms with Crippen LogP contribution in [0.25, 0.3) is 0 Å². The minimum absolute atomic E-state index is 0.0974. The molecule has 1 rings (SSSR count). The molecule has 0 saturated carbocycles. The number of nitriles is 1. The van der Waals surface area contributed by atoms with Gasteiger partial charge in [-0.1, -0.05) is 0 Å². The highest BCUT2D eigenvalue weighted by Crippen LogP contribution is 2.33. The second kappa shape index (κ2) is 5.41. The van der Waals surface area contributed by atoms with Crippen LogP contribution in [0.3, 0.4) is 0 Å². The van der Waals surface area contributed by atoms with E-state index in [0.29, 0.717) is 15.7 Å². The third-order valence-corrected chi connectivity index (χ3v) is 2.72. The van der Waals surface area contributed by atoms with Gasteiger partial charge in [0.2, 0.25) is 5.91 Å². The lowest BCUT2D eigenvalue weighted by Crippen LogP contribution is -2.11. The van der Waals surface area contributed by atoms with Gasteiger partial charge in [0, 0.05) is 0 Å². The van der Waals surface area contributed by atoms with Crippen molar-refractivity contribution in [2.75, 3.05) is 5.32 Å². The lowest BCUT2D eigenvalue weighted by Gasteiger charge is -2.08. The Hall–Kier alpha value is -1.94. The molecule has 0 unspecified atom stereocenters. The number of amides is 1. The quantitative estimate of drug-likeness (QED) is 0.685. The zero-order valence-corrected chi connectivity index (χ0v) is 10.4. The van der Waals surface area contributed by atoms with Crippen LogP contribution in [0, 0.1) is 28.4 Å². The second-order valence-corrected chi connectivity index (χ2v) is 4.06. The lowest BCUT2D eigenvalue weighted by molar-refractivity contribution is -0.386. The molecule has 0 spiro atoms. The maximum atomic E-state index is 11.2. The molecule has 7 heteroatoms. The minimum Gasteiger partial charge on any atom is -0.325 e. The van der Waals surface area contributed by atoms with E-state index in [2.05, 4.69) is 21.2 Å². The fourth-order valence-electron chi connectivity index (χ4n) is 1.29. The first kappa shape index (κ1) is 13.1. The van der Waals surface area contributed by atoms with Crippen LogP contribution in [0.5, 0.6) is 0 Å². The SMILES string of the molecule is Cc1c(NC(=O)CC#N)ccc(Br)c1[N+](=O)[O-]. The van der Waals surface area contributed by atoms with Crippen LogP contribution in [0.15, 0.2) is 16.6 Å². The molecule has 0 heterocycles. The molecule has 6 nitrogen and oxygen atoms in total. The van der Waals surface area contributed by atoms with Gasteiger partial charge in [0.1, 0.15) is 6.42 Å². The van der Waals surface area contributed by atoms with Gasteiger partial charge < -0.3 is 5.32 Å². The number of anilines is 1. The number of hydrogen-bond acceptors (Lipinski definition) is 4. The van der Waals surface area contributed by atoms with Gasteiger partial charge in [-0.25, -0.2) is 0 Å². The number of nitro groups is 1. The van der Waals surface area contributed by atoms with Gasteiger partial charge in [-0.3, -0.25) is 14.9 Å². The minimum atomic E-state index is -0.528. The zero-order valence-electron chi connectivity index (χ0n) is 8.86. The number of nitrogens with zero attached hydrogens (tertiary/aromatic N) is 2. The summed E-state index contributed by atoms with van der Waals surface area (Å²) in [7, 11) is 0. The molecule has 0 aliphatic rings. The number of benzene rings is 1. The molecule has 0 aliphatic carbocycles. The van der Waals surface area contributed by atoms with Crippen LogP contribution < -0.4 is 5.32 Å². The summed E-state index contributed by atoms with van der Waals surface area (Å²) in [5.41, 5.74) is 0.579. The Balaban J connectivity index is 3.12. The summed E-state index contributed by atoms with van der Waals surface area (Å²) >= 11 is 3.07. The summed E-state index contributed by atoms with van der Waals surface area (Å²) in [5.74, 6) is -0.493. The van der Waals surface area contributed by atoms with E-state index in [4.69, 9.17) is 5.26 Å². The van der Waals surface area contributed by atoms with E-state index in [1.54, 1.807) is 12.1 Å². The molecule has 0 fully saturated rings. The molecule has 0 bridgehead atoms. The van der Waals surface area contributed by atoms with Crippen LogP contribution in [-0.4, -0.2) is 10.8 Å². The van der Waals surface area contributed by atoms with Crippen molar-refractivity contribution in [3.63, 3.8) is 0 Å². The van der Waals surface area contributed by atoms with Gasteiger partial charge in [0.15, 0.2) is 0 Å². The van der Waals surface area contributed by atoms with Crippen molar-refractivity contribution in [2.45, 2.75) is 13.3 Å². The standard InChI is InChI=1S/C10H8BrN3O3/c1-6-8(13-9(15)4-5-12)3-2-7(11)10(6)14(16)17/h2-3H,4H2,1H3,(H,13,15). The van der Waals surface area contributed by atoms with E-state index in [1.165, 1.54) is 13.0 Å². The second-order valence-electron chi connectivity index (χ2n) is 3.21. The Morgan fingerprint density at radius 2 is 2.29 bits per heavy atom. The Kier molecular flexibility index (Phi) is 4.17. The maximum Gasteiger partial charge on any atom is 0.288 e. The fraction of sp³-hybridized carbons (Fsp3) is 0.200. The average Bonchev–Trinajstić information content (AvgIpc) is 2.22. The molecule has 88 valence electrons. The molecule has 1 aromatic rings. The Morgan fingerprint density at radius 3 is 2.82 bits per heavy atom. The van der Waals surface area contributed by atoms with E-state index in [9.17, 15) is 14.9 Å². The number of carbonyl (C=O) groups excluding carboxylic acids is 1. The van der Waals surface area contributed by atoms with Crippen molar-refractivity contribution in [3.05, 3.63) is 32.3 Å². The van der Waals surface area contributed by atoms with E-state index in [0.717, 1.165) is 0 Å². The molecule has 0 radical (unpaired) electrons.